The number of nitrogens with zero attached hydrogens (tertiary/aromatic N) is 1. The first kappa shape index (κ1) is 16.7. The zero-order valence-electron chi connectivity index (χ0n) is 11.5. The van der Waals surface area contributed by atoms with Gasteiger partial charge in [-0.1, -0.05) is 12.1 Å². The first-order valence-corrected chi connectivity index (χ1v) is 6.60. The highest BCUT2D eigenvalue weighted by Crippen LogP contribution is 2.29. The molecule has 0 saturated carbocycles. The minimum Gasteiger partial charge on any atom is -0.394 e. The number of rotatable bonds is 4. The standard InChI is InChI=1S/C13H17NO8/c15-5-9(16)12-11(18)10(17)6-21-13(22-12)7-2-1-3-8(4-7)14(19)20/h1-4,9-13,15-18H,5-6H2/t9-,10+,11+,12+,13?/m1/s1. The van der Waals surface area contributed by atoms with Crippen molar-refractivity contribution in [2.45, 2.75) is 30.7 Å². The normalized spacial score (nSPS) is 30.5. The molecule has 0 radical (unpaired) electrons. The molecule has 0 aromatic heterocycles. The second kappa shape index (κ2) is 7.09. The second-order valence-corrected chi connectivity index (χ2v) is 4.93. The lowest BCUT2D eigenvalue weighted by Gasteiger charge is -2.27. The Hall–Kier alpha value is -1.62. The van der Waals surface area contributed by atoms with Crippen LogP contribution in [0.5, 0.6) is 0 Å². The molecule has 0 bridgehead atoms. The zero-order chi connectivity index (χ0) is 16.3. The van der Waals surface area contributed by atoms with E-state index >= 15 is 0 Å². The highest BCUT2D eigenvalue weighted by atomic mass is 16.7. The predicted octanol–water partition coefficient (Wildman–Crippen LogP) is -0.916. The molecule has 9 heteroatoms. The van der Waals surface area contributed by atoms with Gasteiger partial charge in [-0.25, -0.2) is 0 Å². The van der Waals surface area contributed by atoms with Gasteiger partial charge in [-0.15, -0.1) is 0 Å². The number of non-ortho nitro benzene ring substituents is 1. The Balaban J connectivity index is 2.26. The lowest BCUT2D eigenvalue weighted by molar-refractivity contribution is -0.385. The van der Waals surface area contributed by atoms with Crippen LogP contribution in [-0.4, -0.2) is 63.0 Å². The molecule has 22 heavy (non-hydrogen) atoms. The molecule has 1 saturated heterocycles. The molecule has 2 rings (SSSR count). The molecule has 1 fully saturated rings. The lowest BCUT2D eigenvalue weighted by atomic mass is 10.0. The van der Waals surface area contributed by atoms with Gasteiger partial charge >= 0.3 is 0 Å². The lowest BCUT2D eigenvalue weighted by Crippen LogP contribution is -2.47. The Kier molecular flexibility index (Phi) is 5.40. The molecule has 0 amide bonds. The molecule has 1 unspecified atom stereocenters. The van der Waals surface area contributed by atoms with Crippen LogP contribution in [0.25, 0.3) is 0 Å². The van der Waals surface area contributed by atoms with Crippen molar-refractivity contribution in [3.8, 4) is 0 Å². The number of nitro groups is 1. The number of nitro benzene ring substituents is 1. The van der Waals surface area contributed by atoms with Crippen molar-refractivity contribution in [2.24, 2.45) is 0 Å². The molecule has 0 aliphatic carbocycles. The molecule has 0 spiro atoms. The summed E-state index contributed by atoms with van der Waals surface area (Å²) in [5.41, 5.74) is 0.125. The highest BCUT2D eigenvalue weighted by Gasteiger charge is 2.38. The number of hydrogen-bond acceptors (Lipinski definition) is 8. The van der Waals surface area contributed by atoms with Crippen LogP contribution in [0, 0.1) is 10.1 Å². The Morgan fingerprint density at radius 1 is 1.41 bits per heavy atom. The third kappa shape index (κ3) is 3.58. The molecule has 122 valence electrons. The van der Waals surface area contributed by atoms with Crippen molar-refractivity contribution in [1.29, 1.82) is 0 Å². The fourth-order valence-corrected chi connectivity index (χ4v) is 2.15. The maximum absolute atomic E-state index is 10.8. The minimum atomic E-state index is -1.47. The summed E-state index contributed by atoms with van der Waals surface area (Å²) in [7, 11) is 0. The van der Waals surface area contributed by atoms with Gasteiger partial charge in [0.1, 0.15) is 24.4 Å². The molecule has 1 aromatic rings. The van der Waals surface area contributed by atoms with Crippen molar-refractivity contribution in [1.82, 2.24) is 0 Å². The Morgan fingerprint density at radius 3 is 2.77 bits per heavy atom. The summed E-state index contributed by atoms with van der Waals surface area (Å²) < 4.78 is 10.7. The molecule has 4 N–H and O–H groups in total. The Labute approximate surface area is 125 Å². The van der Waals surface area contributed by atoms with Gasteiger partial charge < -0.3 is 29.9 Å². The summed E-state index contributed by atoms with van der Waals surface area (Å²) in [5.74, 6) is 0. The largest absolute Gasteiger partial charge is 0.394 e. The third-order valence-electron chi connectivity index (χ3n) is 3.35. The maximum Gasteiger partial charge on any atom is 0.269 e. The zero-order valence-corrected chi connectivity index (χ0v) is 11.5. The summed E-state index contributed by atoms with van der Waals surface area (Å²) in [6.45, 7) is -0.973. The quantitative estimate of drug-likeness (QED) is 0.413. The van der Waals surface area contributed by atoms with Crippen molar-refractivity contribution >= 4 is 5.69 Å². The van der Waals surface area contributed by atoms with E-state index in [1.54, 1.807) is 0 Å². The van der Waals surface area contributed by atoms with Crippen LogP contribution in [0.1, 0.15) is 11.9 Å². The van der Waals surface area contributed by atoms with Gasteiger partial charge in [0, 0.05) is 17.7 Å². The van der Waals surface area contributed by atoms with Crippen LogP contribution in [0.15, 0.2) is 24.3 Å². The minimum absolute atomic E-state index is 0.172. The van der Waals surface area contributed by atoms with Gasteiger partial charge in [-0.3, -0.25) is 10.1 Å². The van der Waals surface area contributed by atoms with E-state index in [1.165, 1.54) is 24.3 Å². The van der Waals surface area contributed by atoms with E-state index in [0.29, 0.717) is 5.56 Å². The molecule has 1 heterocycles. The predicted molar refractivity (Wildman–Crippen MR) is 71.8 cm³/mol. The summed E-state index contributed by atoms with van der Waals surface area (Å²) in [6, 6.07) is 5.49. The van der Waals surface area contributed by atoms with Crippen LogP contribution < -0.4 is 0 Å². The summed E-state index contributed by atoms with van der Waals surface area (Å²) >= 11 is 0. The average molecular weight is 315 g/mol. The van der Waals surface area contributed by atoms with E-state index in [4.69, 9.17) is 14.6 Å². The maximum atomic E-state index is 10.8. The monoisotopic (exact) mass is 315 g/mol. The van der Waals surface area contributed by atoms with Gasteiger partial charge in [-0.05, 0) is 0 Å². The fourth-order valence-electron chi connectivity index (χ4n) is 2.15. The van der Waals surface area contributed by atoms with Crippen LogP contribution in [0.4, 0.5) is 5.69 Å². The molecule has 1 aliphatic rings. The van der Waals surface area contributed by atoms with Crippen molar-refractivity contribution in [3.05, 3.63) is 39.9 Å². The molecular weight excluding hydrogens is 298 g/mol. The molecule has 1 aliphatic heterocycles. The van der Waals surface area contributed by atoms with E-state index in [0.717, 1.165) is 0 Å². The SMILES string of the molecule is O=[N+]([O-])c1cccc(C2OC[C@H](O)[C@H](O)[C@H]([C@H](O)CO)O2)c1. The topological polar surface area (TPSA) is 143 Å². The number of ether oxygens (including phenoxy) is 2. The van der Waals surface area contributed by atoms with E-state index < -0.39 is 42.2 Å². The van der Waals surface area contributed by atoms with Gasteiger partial charge in [0.05, 0.1) is 18.1 Å². The smallest absolute Gasteiger partial charge is 0.269 e. The molecular formula is C13H17NO8. The third-order valence-corrected chi connectivity index (χ3v) is 3.35. The summed E-state index contributed by atoms with van der Waals surface area (Å²) in [4.78, 5) is 10.2. The van der Waals surface area contributed by atoms with Crippen molar-refractivity contribution in [3.63, 3.8) is 0 Å². The number of hydrogen-bond donors (Lipinski definition) is 4. The van der Waals surface area contributed by atoms with E-state index in [9.17, 15) is 25.4 Å². The van der Waals surface area contributed by atoms with E-state index in [-0.39, 0.29) is 12.3 Å². The van der Waals surface area contributed by atoms with Crippen LogP contribution in [0.2, 0.25) is 0 Å². The van der Waals surface area contributed by atoms with Crippen molar-refractivity contribution < 1.29 is 34.8 Å². The van der Waals surface area contributed by atoms with Crippen LogP contribution in [0.3, 0.4) is 0 Å². The number of aliphatic hydroxyl groups excluding tert-OH is 4. The van der Waals surface area contributed by atoms with Gasteiger partial charge in [-0.2, -0.15) is 0 Å². The van der Waals surface area contributed by atoms with E-state index in [1.807, 2.05) is 0 Å². The van der Waals surface area contributed by atoms with Crippen LogP contribution in [-0.2, 0) is 9.47 Å². The van der Waals surface area contributed by atoms with Gasteiger partial charge in [0.15, 0.2) is 6.29 Å². The summed E-state index contributed by atoms with van der Waals surface area (Å²) in [5, 5.41) is 49.1. The van der Waals surface area contributed by atoms with E-state index in [2.05, 4.69) is 0 Å². The second-order valence-electron chi connectivity index (χ2n) is 4.93. The molecule has 5 atom stereocenters. The fraction of sp³-hybridized carbons (Fsp3) is 0.538. The first-order valence-electron chi connectivity index (χ1n) is 6.60. The van der Waals surface area contributed by atoms with Gasteiger partial charge in [0.2, 0.25) is 0 Å². The first-order chi connectivity index (χ1) is 10.4. The molecule has 9 nitrogen and oxygen atoms in total. The molecule has 1 aromatic carbocycles. The van der Waals surface area contributed by atoms with Gasteiger partial charge in [0.25, 0.3) is 5.69 Å². The highest BCUT2D eigenvalue weighted by molar-refractivity contribution is 5.34. The Morgan fingerprint density at radius 2 is 2.14 bits per heavy atom. The van der Waals surface area contributed by atoms with Crippen molar-refractivity contribution in [2.75, 3.05) is 13.2 Å². The number of benzene rings is 1. The Bertz CT molecular complexity index is 525. The van der Waals surface area contributed by atoms with Crippen LogP contribution >= 0.6 is 0 Å². The summed E-state index contributed by atoms with van der Waals surface area (Å²) in [6.07, 6.45) is -6.65. The number of aliphatic hydroxyl groups is 4. The average Bonchev–Trinajstić information content (AvgIpc) is 2.67.